The highest BCUT2D eigenvalue weighted by Gasteiger charge is 2.62. The Labute approximate surface area is 179 Å². The smallest absolute Gasteiger partial charge is 0.129 e. The minimum atomic E-state index is -0.744. The van der Waals surface area contributed by atoms with Gasteiger partial charge in [-0.3, -0.25) is 0 Å². The summed E-state index contributed by atoms with van der Waals surface area (Å²) in [5.41, 5.74) is 8.35. The predicted octanol–water partition coefficient (Wildman–Crippen LogP) is 3.71. The SMILES string of the molecule is C=C1CC[C@@]2(O)[C@@H]3CCC[C@@]2(C1)c1c(ccc(C(N)=S)c1O)C3.CNCC1CC1. The van der Waals surface area contributed by atoms with E-state index in [0.29, 0.717) is 5.56 Å². The number of fused-ring (bicyclic) bond motifs is 1. The first kappa shape index (κ1) is 20.8. The van der Waals surface area contributed by atoms with Crippen LogP contribution in [0.5, 0.6) is 5.75 Å². The zero-order valence-electron chi connectivity index (χ0n) is 17.5. The van der Waals surface area contributed by atoms with Gasteiger partial charge in [0.05, 0.1) is 11.2 Å². The van der Waals surface area contributed by atoms with E-state index >= 15 is 0 Å². The van der Waals surface area contributed by atoms with E-state index in [9.17, 15) is 10.2 Å². The van der Waals surface area contributed by atoms with Gasteiger partial charge in [0.25, 0.3) is 0 Å². The molecule has 3 atom stereocenters. The number of nitrogens with two attached hydrogens (primary N) is 1. The van der Waals surface area contributed by atoms with Crippen LogP contribution in [0.25, 0.3) is 0 Å². The van der Waals surface area contributed by atoms with Gasteiger partial charge in [0.1, 0.15) is 10.7 Å². The zero-order chi connectivity index (χ0) is 20.8. The average molecular weight is 415 g/mol. The quantitative estimate of drug-likeness (QED) is 0.448. The Morgan fingerprint density at radius 2 is 2.07 bits per heavy atom. The minimum Gasteiger partial charge on any atom is -0.507 e. The first-order chi connectivity index (χ1) is 13.8. The van der Waals surface area contributed by atoms with Crippen molar-refractivity contribution in [3.05, 3.63) is 41.0 Å². The van der Waals surface area contributed by atoms with E-state index in [1.54, 1.807) is 0 Å². The van der Waals surface area contributed by atoms with Crippen LogP contribution in [-0.4, -0.2) is 34.4 Å². The average Bonchev–Trinajstić information content (AvgIpc) is 3.47. The van der Waals surface area contributed by atoms with Gasteiger partial charge >= 0.3 is 0 Å². The maximum atomic E-state index is 11.7. The summed E-state index contributed by atoms with van der Waals surface area (Å²) >= 11 is 5.10. The van der Waals surface area contributed by atoms with Crippen LogP contribution in [0.4, 0.5) is 0 Å². The van der Waals surface area contributed by atoms with Crippen LogP contribution in [0.15, 0.2) is 24.3 Å². The third-order valence-corrected chi connectivity index (χ3v) is 7.96. The van der Waals surface area contributed by atoms with Gasteiger partial charge in [-0.25, -0.2) is 0 Å². The summed E-state index contributed by atoms with van der Waals surface area (Å²) in [6.45, 7) is 5.43. The summed E-state index contributed by atoms with van der Waals surface area (Å²) in [7, 11) is 2.01. The van der Waals surface area contributed by atoms with Crippen LogP contribution in [-0.2, 0) is 11.8 Å². The zero-order valence-corrected chi connectivity index (χ0v) is 18.3. The molecule has 0 spiro atoms. The number of hydrogen-bond acceptors (Lipinski definition) is 4. The first-order valence-corrected chi connectivity index (χ1v) is 11.4. The van der Waals surface area contributed by atoms with Gasteiger partial charge in [-0.2, -0.15) is 0 Å². The Kier molecular flexibility index (Phi) is 5.51. The van der Waals surface area contributed by atoms with Gasteiger partial charge in [-0.15, -0.1) is 0 Å². The van der Waals surface area contributed by atoms with Crippen molar-refractivity contribution in [3.63, 3.8) is 0 Å². The molecule has 1 aromatic carbocycles. The molecule has 1 aromatic rings. The number of rotatable bonds is 3. The van der Waals surface area contributed by atoms with Crippen molar-refractivity contribution < 1.29 is 10.2 Å². The van der Waals surface area contributed by atoms with E-state index in [0.717, 1.165) is 62.0 Å². The summed E-state index contributed by atoms with van der Waals surface area (Å²) in [4.78, 5) is 0.206. The number of aromatic hydroxyl groups is 1. The molecule has 4 aliphatic carbocycles. The number of aliphatic hydroxyl groups is 1. The predicted molar refractivity (Wildman–Crippen MR) is 121 cm³/mol. The molecule has 0 heterocycles. The van der Waals surface area contributed by atoms with Gasteiger partial charge in [0.15, 0.2) is 0 Å². The second-order valence-corrected chi connectivity index (χ2v) is 10.0. The lowest BCUT2D eigenvalue weighted by Crippen LogP contribution is -2.63. The van der Waals surface area contributed by atoms with Crippen LogP contribution in [0, 0.1) is 11.8 Å². The largest absolute Gasteiger partial charge is 0.507 e. The molecule has 29 heavy (non-hydrogen) atoms. The van der Waals surface area contributed by atoms with Gasteiger partial charge < -0.3 is 21.3 Å². The molecule has 5 N–H and O–H groups in total. The van der Waals surface area contributed by atoms with E-state index in [4.69, 9.17) is 18.0 Å². The number of phenolic OH excluding ortho intramolecular Hbond substituents is 1. The number of thiocarbonyl (C=S) groups is 1. The fourth-order valence-corrected chi connectivity index (χ4v) is 6.34. The second-order valence-electron chi connectivity index (χ2n) is 9.59. The highest BCUT2D eigenvalue weighted by atomic mass is 32.1. The molecule has 158 valence electrons. The standard InChI is InChI=1S/C19H23NO2S.C5H11N/c1-11-6-8-19(22)13-3-2-7-18(19,10-11)15-12(9-13)4-5-14(16(15)21)17(20)23;1-6-4-5-2-3-5/h4-5,13,21-22H,1-3,6-10H2,(H2,20,23);5-6H,2-4H2,1H3/t13-,18-,19-;/m1./s1. The van der Waals surface area contributed by atoms with Crippen molar-refractivity contribution in [2.24, 2.45) is 17.6 Å². The fourth-order valence-electron chi connectivity index (χ4n) is 6.18. The summed E-state index contributed by atoms with van der Waals surface area (Å²) in [5.74, 6) is 1.49. The maximum Gasteiger partial charge on any atom is 0.129 e. The number of nitrogens with one attached hydrogen (secondary N) is 1. The summed E-state index contributed by atoms with van der Waals surface area (Å²) in [6, 6.07) is 3.87. The topological polar surface area (TPSA) is 78.5 Å². The van der Waals surface area contributed by atoms with Crippen molar-refractivity contribution in [1.29, 1.82) is 0 Å². The molecule has 0 amide bonds. The molecular weight excluding hydrogens is 380 g/mol. The molecule has 3 fully saturated rings. The molecule has 4 nitrogen and oxygen atoms in total. The van der Waals surface area contributed by atoms with Crippen LogP contribution < -0.4 is 11.1 Å². The maximum absolute atomic E-state index is 11.7. The van der Waals surface area contributed by atoms with E-state index in [-0.39, 0.29) is 16.7 Å². The molecule has 2 bridgehead atoms. The van der Waals surface area contributed by atoms with E-state index in [2.05, 4.69) is 11.9 Å². The summed E-state index contributed by atoms with van der Waals surface area (Å²) < 4.78 is 0. The molecule has 0 saturated heterocycles. The number of allylic oxidation sites excluding steroid dienone is 1. The monoisotopic (exact) mass is 414 g/mol. The van der Waals surface area contributed by atoms with Crippen molar-refractivity contribution >= 4 is 17.2 Å². The highest BCUT2D eigenvalue weighted by molar-refractivity contribution is 7.80. The van der Waals surface area contributed by atoms with Crippen LogP contribution in [0.3, 0.4) is 0 Å². The van der Waals surface area contributed by atoms with Gasteiger partial charge in [-0.1, -0.05) is 36.9 Å². The molecule has 4 aliphatic rings. The number of phenols is 1. The molecule has 3 saturated carbocycles. The van der Waals surface area contributed by atoms with Crippen LogP contribution in [0.2, 0.25) is 0 Å². The lowest BCUT2D eigenvalue weighted by molar-refractivity contribution is -0.137. The summed E-state index contributed by atoms with van der Waals surface area (Å²) in [6.07, 6.45) is 9.14. The van der Waals surface area contributed by atoms with E-state index in [1.807, 2.05) is 19.2 Å². The molecule has 0 aromatic heterocycles. The Morgan fingerprint density at radius 1 is 1.31 bits per heavy atom. The Hall–Kier alpha value is -1.43. The second kappa shape index (κ2) is 7.68. The van der Waals surface area contributed by atoms with Crippen LogP contribution in [0.1, 0.15) is 68.1 Å². The molecule has 0 radical (unpaired) electrons. The van der Waals surface area contributed by atoms with Gasteiger partial charge in [0.2, 0.25) is 0 Å². The van der Waals surface area contributed by atoms with Gasteiger partial charge in [-0.05, 0) is 88.4 Å². The lowest BCUT2D eigenvalue weighted by Gasteiger charge is -2.61. The molecule has 5 rings (SSSR count). The van der Waals surface area contributed by atoms with Crippen LogP contribution >= 0.6 is 12.2 Å². The fraction of sp³-hybridized carbons (Fsp3) is 0.625. The number of hydrogen-bond donors (Lipinski definition) is 4. The van der Waals surface area contributed by atoms with Crippen molar-refractivity contribution in [2.75, 3.05) is 13.6 Å². The normalized spacial score (nSPS) is 32.5. The van der Waals surface area contributed by atoms with E-state index in [1.165, 1.54) is 25.0 Å². The highest BCUT2D eigenvalue weighted by Crippen LogP contribution is 2.63. The Balaban J connectivity index is 0.000000294. The van der Waals surface area contributed by atoms with Crippen molar-refractivity contribution in [1.82, 2.24) is 5.32 Å². The Morgan fingerprint density at radius 3 is 2.69 bits per heavy atom. The van der Waals surface area contributed by atoms with Crippen molar-refractivity contribution in [2.45, 2.75) is 68.8 Å². The number of benzene rings is 1. The van der Waals surface area contributed by atoms with Crippen molar-refractivity contribution in [3.8, 4) is 5.75 Å². The Bertz CT molecular complexity index is 834. The van der Waals surface area contributed by atoms with E-state index < -0.39 is 11.0 Å². The third kappa shape index (κ3) is 3.41. The molecule has 0 aliphatic heterocycles. The van der Waals surface area contributed by atoms with Gasteiger partial charge in [0, 0.05) is 11.0 Å². The molecule has 5 heteroatoms. The first-order valence-electron chi connectivity index (χ1n) is 11.0. The lowest BCUT2D eigenvalue weighted by atomic mass is 9.45. The molecule has 0 unspecified atom stereocenters. The summed E-state index contributed by atoms with van der Waals surface area (Å²) in [5, 5.41) is 25.7. The third-order valence-electron chi connectivity index (χ3n) is 7.74. The molecular formula is C24H34N2O2S. The minimum absolute atomic E-state index is 0.184.